The Morgan fingerprint density at radius 2 is 1.81 bits per heavy atom. The molecule has 3 rings (SSSR count). The van der Waals surface area contributed by atoms with Gasteiger partial charge in [0, 0.05) is 43.5 Å². The summed E-state index contributed by atoms with van der Waals surface area (Å²) in [5.41, 5.74) is 0. The number of carbonyl (C=O) groups excluding carboxylic acids is 1. The summed E-state index contributed by atoms with van der Waals surface area (Å²) >= 11 is 0. The maximum Gasteiger partial charge on any atom is 0.224 e. The van der Waals surface area contributed by atoms with Gasteiger partial charge in [-0.05, 0) is 58.3 Å². The average Bonchev–Trinajstić information content (AvgIpc) is 3.19. The monoisotopic (exact) mass is 289 g/mol. The van der Waals surface area contributed by atoms with Crippen LogP contribution in [0.3, 0.4) is 0 Å². The van der Waals surface area contributed by atoms with Gasteiger partial charge in [0.25, 0.3) is 0 Å². The molecule has 0 aromatic carbocycles. The molecule has 4 nitrogen and oxygen atoms in total. The van der Waals surface area contributed by atoms with Gasteiger partial charge in [0.15, 0.2) is 0 Å². The molecule has 3 heterocycles. The fraction of sp³-hybridized carbons (Fsp3) is 0.706. The molecule has 2 fully saturated rings. The Balaban J connectivity index is 1.63. The first-order valence-corrected chi connectivity index (χ1v) is 8.29. The smallest absolute Gasteiger partial charge is 0.224 e. The molecule has 21 heavy (non-hydrogen) atoms. The van der Waals surface area contributed by atoms with Crippen LogP contribution >= 0.6 is 0 Å². The van der Waals surface area contributed by atoms with E-state index in [2.05, 4.69) is 28.3 Å². The molecule has 0 saturated carbocycles. The lowest BCUT2D eigenvalue weighted by molar-refractivity contribution is -0.133. The van der Waals surface area contributed by atoms with E-state index in [0.29, 0.717) is 24.4 Å². The van der Waals surface area contributed by atoms with Crippen molar-refractivity contribution in [1.29, 1.82) is 0 Å². The molecule has 0 unspecified atom stereocenters. The molecule has 0 N–H and O–H groups in total. The van der Waals surface area contributed by atoms with E-state index in [9.17, 15) is 4.79 Å². The molecule has 4 heteroatoms. The van der Waals surface area contributed by atoms with Crippen molar-refractivity contribution in [2.24, 2.45) is 0 Å². The Bertz CT molecular complexity index is 470. The quantitative estimate of drug-likeness (QED) is 0.852. The van der Waals surface area contributed by atoms with Crippen LogP contribution in [0.25, 0.3) is 0 Å². The van der Waals surface area contributed by atoms with E-state index in [0.717, 1.165) is 6.54 Å². The van der Waals surface area contributed by atoms with Crippen molar-refractivity contribution in [3.05, 3.63) is 24.5 Å². The van der Waals surface area contributed by atoms with E-state index in [1.54, 1.807) is 0 Å². The van der Waals surface area contributed by atoms with Crippen molar-refractivity contribution in [3.8, 4) is 0 Å². The zero-order valence-electron chi connectivity index (χ0n) is 13.2. The number of aromatic nitrogens is 1. The predicted octanol–water partition coefficient (Wildman–Crippen LogP) is 2.52. The van der Waals surface area contributed by atoms with Crippen LogP contribution in [0.4, 0.5) is 0 Å². The molecule has 1 aromatic heterocycles. The molecule has 2 aliphatic heterocycles. The summed E-state index contributed by atoms with van der Waals surface area (Å²) in [5.74, 6) is 0.332. The highest BCUT2D eigenvalue weighted by Crippen LogP contribution is 2.30. The summed E-state index contributed by atoms with van der Waals surface area (Å²) in [6.07, 6.45) is 9.57. The minimum atomic E-state index is 0.245. The lowest BCUT2D eigenvalue weighted by atomic mass is 10.0. The maximum atomic E-state index is 12.7. The van der Waals surface area contributed by atoms with Crippen LogP contribution in [0.15, 0.2) is 24.5 Å². The van der Waals surface area contributed by atoms with E-state index in [4.69, 9.17) is 0 Å². The normalized spacial score (nSPS) is 28.2. The summed E-state index contributed by atoms with van der Waals surface area (Å²) < 4.78 is 2.13. The Hall–Kier alpha value is -1.29. The molecule has 116 valence electrons. The van der Waals surface area contributed by atoms with Gasteiger partial charge in [0.1, 0.15) is 0 Å². The van der Waals surface area contributed by atoms with E-state index < -0.39 is 0 Å². The van der Waals surface area contributed by atoms with Gasteiger partial charge in [0.05, 0.1) is 0 Å². The zero-order chi connectivity index (χ0) is 14.8. The summed E-state index contributed by atoms with van der Waals surface area (Å²) in [6, 6.07) is 5.32. The summed E-state index contributed by atoms with van der Waals surface area (Å²) in [7, 11) is 2.21. The standard InChI is InChI=1S/C17H27N3O/c1-14(19-10-3-4-11-19)13-17(21)20-12-6-8-16(20)15-7-5-9-18(15)2/h3-4,10-11,14-16H,5-9,12-13H2,1-2H3/t14-,15+,16+/m1/s1. The van der Waals surface area contributed by atoms with Crippen molar-refractivity contribution in [2.45, 2.75) is 57.2 Å². The SMILES string of the molecule is C[C@H](CC(=O)N1CCC[C@H]1[C@@H]1CCCN1C)n1cccc1. The van der Waals surface area contributed by atoms with Gasteiger partial charge >= 0.3 is 0 Å². The lowest BCUT2D eigenvalue weighted by Crippen LogP contribution is -2.47. The Labute approximate surface area is 127 Å². The van der Waals surface area contributed by atoms with Gasteiger partial charge in [-0.1, -0.05) is 0 Å². The third-order valence-electron chi connectivity index (χ3n) is 5.25. The van der Waals surface area contributed by atoms with Crippen LogP contribution in [-0.2, 0) is 4.79 Å². The number of amides is 1. The van der Waals surface area contributed by atoms with Crippen molar-refractivity contribution in [1.82, 2.24) is 14.4 Å². The largest absolute Gasteiger partial charge is 0.351 e. The molecule has 1 amide bonds. The third kappa shape index (κ3) is 3.00. The van der Waals surface area contributed by atoms with Crippen LogP contribution in [-0.4, -0.2) is 52.5 Å². The van der Waals surface area contributed by atoms with E-state index in [1.165, 1.54) is 32.2 Å². The van der Waals surface area contributed by atoms with Gasteiger partial charge in [-0.25, -0.2) is 0 Å². The van der Waals surface area contributed by atoms with Crippen molar-refractivity contribution < 1.29 is 4.79 Å². The Morgan fingerprint density at radius 1 is 1.14 bits per heavy atom. The second-order valence-corrected chi connectivity index (χ2v) is 6.67. The van der Waals surface area contributed by atoms with Gasteiger partial charge < -0.3 is 14.4 Å². The van der Waals surface area contributed by atoms with E-state index >= 15 is 0 Å². The number of hydrogen-bond acceptors (Lipinski definition) is 2. The number of rotatable bonds is 4. The van der Waals surface area contributed by atoms with Crippen molar-refractivity contribution in [2.75, 3.05) is 20.1 Å². The molecule has 0 spiro atoms. The highest BCUT2D eigenvalue weighted by Gasteiger charge is 2.38. The first-order valence-electron chi connectivity index (χ1n) is 8.29. The van der Waals surface area contributed by atoms with Crippen molar-refractivity contribution in [3.63, 3.8) is 0 Å². The number of carbonyl (C=O) groups is 1. The molecule has 0 radical (unpaired) electrons. The number of likely N-dealkylation sites (tertiary alicyclic amines) is 2. The van der Waals surface area contributed by atoms with E-state index in [1.807, 2.05) is 24.5 Å². The Morgan fingerprint density at radius 3 is 2.48 bits per heavy atom. The van der Waals surface area contributed by atoms with E-state index in [-0.39, 0.29) is 6.04 Å². The predicted molar refractivity (Wildman–Crippen MR) is 84.1 cm³/mol. The molecular weight excluding hydrogens is 262 g/mol. The first-order chi connectivity index (χ1) is 10.2. The molecule has 3 atom stereocenters. The van der Waals surface area contributed by atoms with Gasteiger partial charge in [0.2, 0.25) is 5.91 Å². The average molecular weight is 289 g/mol. The second-order valence-electron chi connectivity index (χ2n) is 6.67. The van der Waals surface area contributed by atoms with Crippen LogP contribution in [0.5, 0.6) is 0 Å². The minimum Gasteiger partial charge on any atom is -0.351 e. The highest BCUT2D eigenvalue weighted by molar-refractivity contribution is 5.77. The summed E-state index contributed by atoms with van der Waals surface area (Å²) in [4.78, 5) is 17.3. The number of likely N-dealkylation sites (N-methyl/N-ethyl adjacent to an activating group) is 1. The van der Waals surface area contributed by atoms with Crippen LogP contribution in [0.2, 0.25) is 0 Å². The number of nitrogens with zero attached hydrogens (tertiary/aromatic N) is 3. The lowest BCUT2D eigenvalue weighted by Gasteiger charge is -2.34. The minimum absolute atomic E-state index is 0.245. The van der Waals surface area contributed by atoms with Gasteiger partial charge in [-0.2, -0.15) is 0 Å². The molecule has 2 aliphatic rings. The summed E-state index contributed by atoms with van der Waals surface area (Å²) in [5, 5.41) is 0. The Kier molecular flexibility index (Phi) is 4.34. The molecule has 0 aliphatic carbocycles. The molecule has 2 saturated heterocycles. The van der Waals surface area contributed by atoms with Gasteiger partial charge in [-0.3, -0.25) is 4.79 Å². The molecular formula is C17H27N3O. The molecule has 0 bridgehead atoms. The second kappa shape index (κ2) is 6.22. The van der Waals surface area contributed by atoms with Crippen LogP contribution in [0.1, 0.15) is 45.1 Å². The number of hydrogen-bond donors (Lipinski definition) is 0. The highest BCUT2D eigenvalue weighted by atomic mass is 16.2. The van der Waals surface area contributed by atoms with Crippen molar-refractivity contribution >= 4 is 5.91 Å². The topological polar surface area (TPSA) is 28.5 Å². The molecule has 1 aromatic rings. The summed E-state index contributed by atoms with van der Waals surface area (Å²) in [6.45, 7) is 4.26. The first kappa shape index (κ1) is 14.6. The van der Waals surface area contributed by atoms with Crippen LogP contribution < -0.4 is 0 Å². The van der Waals surface area contributed by atoms with Crippen LogP contribution in [0, 0.1) is 0 Å². The van der Waals surface area contributed by atoms with Gasteiger partial charge in [-0.15, -0.1) is 0 Å². The third-order valence-corrected chi connectivity index (χ3v) is 5.25. The zero-order valence-corrected chi connectivity index (χ0v) is 13.2. The maximum absolute atomic E-state index is 12.7. The fourth-order valence-corrected chi connectivity index (χ4v) is 4.04. The fourth-order valence-electron chi connectivity index (χ4n) is 4.04.